The number of ether oxygens (including phenoxy) is 1. The van der Waals surface area contributed by atoms with Gasteiger partial charge in [-0.05, 0) is 31.4 Å². The summed E-state index contributed by atoms with van der Waals surface area (Å²) in [6, 6.07) is 6.52. The zero-order valence-electron chi connectivity index (χ0n) is 9.15. The van der Waals surface area contributed by atoms with Gasteiger partial charge in [0.05, 0.1) is 12.3 Å². The van der Waals surface area contributed by atoms with E-state index >= 15 is 0 Å². The van der Waals surface area contributed by atoms with Gasteiger partial charge in [-0.1, -0.05) is 6.07 Å². The molecule has 0 amide bonds. The first-order valence-corrected chi connectivity index (χ1v) is 5.57. The van der Waals surface area contributed by atoms with Crippen molar-refractivity contribution in [2.75, 3.05) is 13.2 Å². The number of aromatic nitrogens is 1. The van der Waals surface area contributed by atoms with Crippen molar-refractivity contribution >= 4 is 0 Å². The monoisotopic (exact) mass is 206 g/mol. The highest BCUT2D eigenvalue weighted by molar-refractivity contribution is 5.03. The molecule has 1 aliphatic heterocycles. The molecule has 0 aromatic carbocycles. The fourth-order valence-corrected chi connectivity index (χ4v) is 1.88. The smallest absolute Gasteiger partial charge is 0.0541 e. The highest BCUT2D eigenvalue weighted by atomic mass is 16.5. The topological polar surface area (TPSA) is 34.2 Å². The minimum absolute atomic E-state index is 0.509. The summed E-state index contributed by atoms with van der Waals surface area (Å²) in [6.07, 6.45) is 3.01. The second-order valence-corrected chi connectivity index (χ2v) is 4.11. The van der Waals surface area contributed by atoms with E-state index in [1.165, 1.54) is 6.42 Å². The third kappa shape index (κ3) is 3.01. The molecule has 0 radical (unpaired) electrons. The fourth-order valence-electron chi connectivity index (χ4n) is 1.88. The summed E-state index contributed by atoms with van der Waals surface area (Å²) in [7, 11) is 0. The van der Waals surface area contributed by atoms with Gasteiger partial charge in [-0.25, -0.2) is 0 Å². The summed E-state index contributed by atoms with van der Waals surface area (Å²) < 4.78 is 5.37. The summed E-state index contributed by atoms with van der Waals surface area (Å²) in [5.41, 5.74) is 1.10. The molecule has 1 aromatic rings. The van der Waals surface area contributed by atoms with E-state index in [4.69, 9.17) is 4.74 Å². The molecular formula is C12H18N2O. The average Bonchev–Trinajstić information content (AvgIpc) is 2.81. The van der Waals surface area contributed by atoms with E-state index in [0.717, 1.165) is 25.5 Å². The minimum Gasteiger partial charge on any atom is -0.381 e. The third-order valence-electron chi connectivity index (χ3n) is 3.00. The molecular weight excluding hydrogens is 188 g/mol. The molecule has 1 aliphatic rings. The maximum atomic E-state index is 5.37. The first-order chi connectivity index (χ1) is 7.36. The van der Waals surface area contributed by atoms with E-state index < -0.39 is 0 Å². The molecule has 1 fully saturated rings. The fraction of sp³-hybridized carbons (Fsp3) is 0.583. The van der Waals surface area contributed by atoms with Gasteiger partial charge in [-0.2, -0.15) is 0 Å². The Labute approximate surface area is 90.9 Å². The van der Waals surface area contributed by atoms with Crippen molar-refractivity contribution in [3.8, 4) is 0 Å². The molecule has 0 spiro atoms. The summed E-state index contributed by atoms with van der Waals surface area (Å²) in [6.45, 7) is 4.89. The third-order valence-corrected chi connectivity index (χ3v) is 3.00. The lowest BCUT2D eigenvalue weighted by atomic mass is 10.0. The van der Waals surface area contributed by atoms with E-state index in [1.807, 2.05) is 24.4 Å². The predicted molar refractivity (Wildman–Crippen MR) is 59.5 cm³/mol. The summed E-state index contributed by atoms with van der Waals surface area (Å²) in [5, 5.41) is 3.50. The second-order valence-electron chi connectivity index (χ2n) is 4.11. The molecule has 0 saturated carbocycles. The van der Waals surface area contributed by atoms with Crippen molar-refractivity contribution in [3.05, 3.63) is 30.1 Å². The van der Waals surface area contributed by atoms with Crippen LogP contribution < -0.4 is 5.32 Å². The first-order valence-electron chi connectivity index (χ1n) is 5.57. The van der Waals surface area contributed by atoms with E-state index in [-0.39, 0.29) is 0 Å². The normalized spacial score (nSPS) is 22.9. The van der Waals surface area contributed by atoms with Gasteiger partial charge in [-0.15, -0.1) is 0 Å². The van der Waals surface area contributed by atoms with Crippen LogP contribution in [0.4, 0.5) is 0 Å². The molecule has 2 atom stereocenters. The zero-order chi connectivity index (χ0) is 10.5. The van der Waals surface area contributed by atoms with Crippen molar-refractivity contribution in [1.82, 2.24) is 10.3 Å². The van der Waals surface area contributed by atoms with Crippen LogP contribution in [0.5, 0.6) is 0 Å². The lowest BCUT2D eigenvalue weighted by molar-refractivity contribution is 0.178. The van der Waals surface area contributed by atoms with Crippen molar-refractivity contribution in [3.63, 3.8) is 0 Å². The molecule has 1 N–H and O–H groups in total. The van der Waals surface area contributed by atoms with Crippen molar-refractivity contribution in [2.45, 2.75) is 25.9 Å². The molecule has 2 unspecified atom stereocenters. The lowest BCUT2D eigenvalue weighted by Gasteiger charge is -2.18. The van der Waals surface area contributed by atoms with Crippen LogP contribution in [-0.4, -0.2) is 24.2 Å². The Morgan fingerprint density at radius 1 is 1.60 bits per heavy atom. The average molecular weight is 206 g/mol. The number of hydrogen-bond acceptors (Lipinski definition) is 3. The largest absolute Gasteiger partial charge is 0.381 e. The van der Waals surface area contributed by atoms with E-state index in [0.29, 0.717) is 12.0 Å². The van der Waals surface area contributed by atoms with E-state index in [1.54, 1.807) is 0 Å². The van der Waals surface area contributed by atoms with Crippen LogP contribution in [0.25, 0.3) is 0 Å². The predicted octanol–water partition coefficient (Wildman–Crippen LogP) is 1.60. The van der Waals surface area contributed by atoms with Crippen LogP contribution in [0.1, 0.15) is 19.0 Å². The van der Waals surface area contributed by atoms with Gasteiger partial charge in [0.15, 0.2) is 0 Å². The van der Waals surface area contributed by atoms with Gasteiger partial charge in [0.1, 0.15) is 0 Å². The van der Waals surface area contributed by atoms with E-state index in [2.05, 4.69) is 17.2 Å². The molecule has 3 heteroatoms. The minimum atomic E-state index is 0.509. The second kappa shape index (κ2) is 5.24. The standard InChI is InChI=1S/C12H18N2O/c1-10(11-5-7-15-9-11)14-8-12-4-2-3-6-13-12/h2-4,6,10-11,14H,5,7-9H2,1H3. The zero-order valence-corrected chi connectivity index (χ0v) is 9.15. The van der Waals surface area contributed by atoms with Crippen LogP contribution in [-0.2, 0) is 11.3 Å². The van der Waals surface area contributed by atoms with Crippen LogP contribution >= 0.6 is 0 Å². The molecule has 1 saturated heterocycles. The molecule has 2 heterocycles. The summed E-state index contributed by atoms with van der Waals surface area (Å²) in [5.74, 6) is 0.661. The molecule has 3 nitrogen and oxygen atoms in total. The van der Waals surface area contributed by atoms with Gasteiger partial charge in [0.2, 0.25) is 0 Å². The van der Waals surface area contributed by atoms with Gasteiger partial charge in [0.25, 0.3) is 0 Å². The Morgan fingerprint density at radius 2 is 2.53 bits per heavy atom. The van der Waals surface area contributed by atoms with Crippen molar-refractivity contribution in [2.24, 2.45) is 5.92 Å². The Kier molecular flexibility index (Phi) is 3.69. The Hall–Kier alpha value is -0.930. The number of nitrogens with zero attached hydrogens (tertiary/aromatic N) is 1. The Bertz CT molecular complexity index is 283. The maximum Gasteiger partial charge on any atom is 0.0541 e. The van der Waals surface area contributed by atoms with Crippen LogP contribution in [0.2, 0.25) is 0 Å². The number of hydrogen-bond donors (Lipinski definition) is 1. The summed E-state index contributed by atoms with van der Waals surface area (Å²) in [4.78, 5) is 4.28. The van der Waals surface area contributed by atoms with Crippen LogP contribution in [0, 0.1) is 5.92 Å². The molecule has 0 aliphatic carbocycles. The van der Waals surface area contributed by atoms with Crippen molar-refractivity contribution < 1.29 is 4.74 Å². The molecule has 15 heavy (non-hydrogen) atoms. The van der Waals surface area contributed by atoms with Gasteiger partial charge < -0.3 is 10.1 Å². The Morgan fingerprint density at radius 3 is 3.20 bits per heavy atom. The Balaban J connectivity index is 1.77. The van der Waals surface area contributed by atoms with Gasteiger partial charge in [-0.3, -0.25) is 4.98 Å². The number of nitrogens with one attached hydrogen (secondary N) is 1. The number of rotatable bonds is 4. The first kappa shape index (κ1) is 10.6. The van der Waals surface area contributed by atoms with Gasteiger partial charge >= 0.3 is 0 Å². The van der Waals surface area contributed by atoms with Gasteiger partial charge in [0, 0.05) is 25.4 Å². The highest BCUT2D eigenvalue weighted by Crippen LogP contribution is 2.16. The quantitative estimate of drug-likeness (QED) is 0.812. The maximum absolute atomic E-state index is 5.37. The highest BCUT2D eigenvalue weighted by Gasteiger charge is 2.21. The molecule has 1 aromatic heterocycles. The van der Waals surface area contributed by atoms with Crippen LogP contribution in [0.3, 0.4) is 0 Å². The van der Waals surface area contributed by atoms with E-state index in [9.17, 15) is 0 Å². The van der Waals surface area contributed by atoms with Crippen molar-refractivity contribution in [1.29, 1.82) is 0 Å². The molecule has 2 rings (SSSR count). The van der Waals surface area contributed by atoms with Crippen LogP contribution in [0.15, 0.2) is 24.4 Å². The summed E-state index contributed by atoms with van der Waals surface area (Å²) >= 11 is 0. The lowest BCUT2D eigenvalue weighted by Crippen LogP contribution is -2.33. The molecule has 82 valence electrons. The SMILES string of the molecule is CC(NCc1ccccn1)C1CCOC1. The number of pyridine rings is 1. The molecule has 0 bridgehead atoms.